The molecule has 0 spiro atoms. The smallest absolute Gasteiger partial charge is 0.261 e. The molecule has 1 aliphatic heterocycles. The van der Waals surface area contributed by atoms with Crippen molar-refractivity contribution >= 4 is 39.9 Å². The Bertz CT molecular complexity index is 1030. The lowest BCUT2D eigenvalue weighted by Crippen LogP contribution is -2.09. The van der Waals surface area contributed by atoms with Crippen LogP contribution in [0.2, 0.25) is 5.02 Å². The molecule has 4 rings (SSSR count). The average molecular weight is 402 g/mol. The second-order valence-electron chi connectivity index (χ2n) is 6.00. The third kappa shape index (κ3) is 3.80. The van der Waals surface area contributed by atoms with Crippen molar-refractivity contribution < 1.29 is 14.1 Å². The Hall–Kier alpha value is -2.48. The minimum atomic E-state index is -0.257. The summed E-state index contributed by atoms with van der Waals surface area (Å²) in [6.45, 7) is 2.91. The molecule has 0 bridgehead atoms. The number of benzene rings is 1. The zero-order valence-electron chi connectivity index (χ0n) is 14.5. The van der Waals surface area contributed by atoms with Crippen molar-refractivity contribution in [2.45, 2.75) is 20.0 Å². The molecule has 0 fully saturated rings. The molecule has 0 saturated carbocycles. The number of nitrogens with zero attached hydrogens (tertiary/aromatic N) is 2. The SMILES string of the molecule is Cc1noc(-c2c(NC(=O)C=Cc3ccccc3Cl)sc3c2CCOC3)n1. The molecule has 0 radical (unpaired) electrons. The standard InChI is InChI=1S/C19H16ClN3O3S/c1-11-21-18(26-23-11)17-13-8-9-25-10-15(13)27-19(17)22-16(24)7-6-12-4-2-3-5-14(12)20/h2-7H,8-10H2,1H3,(H,22,24). The summed E-state index contributed by atoms with van der Waals surface area (Å²) in [4.78, 5) is 17.9. The summed E-state index contributed by atoms with van der Waals surface area (Å²) in [5.41, 5.74) is 2.67. The molecule has 138 valence electrons. The average Bonchev–Trinajstić information content (AvgIpc) is 3.23. The molecule has 2 aromatic heterocycles. The number of amides is 1. The highest BCUT2D eigenvalue weighted by molar-refractivity contribution is 7.17. The van der Waals surface area contributed by atoms with E-state index >= 15 is 0 Å². The molecular weight excluding hydrogens is 386 g/mol. The lowest BCUT2D eigenvalue weighted by molar-refractivity contribution is -0.111. The molecule has 1 N–H and O–H groups in total. The van der Waals surface area contributed by atoms with Gasteiger partial charge in [0.25, 0.3) is 5.89 Å². The molecular formula is C19H16ClN3O3S. The normalized spacial score (nSPS) is 13.7. The van der Waals surface area contributed by atoms with Crippen LogP contribution in [-0.2, 0) is 22.6 Å². The van der Waals surface area contributed by atoms with Gasteiger partial charge in [-0.05, 0) is 36.6 Å². The summed E-state index contributed by atoms with van der Waals surface area (Å²) in [7, 11) is 0. The van der Waals surface area contributed by atoms with Crippen molar-refractivity contribution in [1.29, 1.82) is 0 Å². The number of halogens is 1. The third-order valence-corrected chi connectivity index (χ3v) is 5.58. The van der Waals surface area contributed by atoms with Gasteiger partial charge in [-0.2, -0.15) is 4.98 Å². The molecule has 1 amide bonds. The summed E-state index contributed by atoms with van der Waals surface area (Å²) < 4.78 is 10.9. The maximum Gasteiger partial charge on any atom is 0.261 e. The van der Waals surface area contributed by atoms with E-state index in [4.69, 9.17) is 20.9 Å². The van der Waals surface area contributed by atoms with E-state index in [1.807, 2.05) is 18.2 Å². The topological polar surface area (TPSA) is 77.2 Å². The predicted octanol–water partition coefficient (Wildman–Crippen LogP) is 4.48. The Labute approximate surface area is 164 Å². The minimum Gasteiger partial charge on any atom is -0.376 e. The molecule has 8 heteroatoms. The van der Waals surface area contributed by atoms with Crippen molar-refractivity contribution in [3.05, 3.63) is 57.2 Å². The van der Waals surface area contributed by atoms with Crippen molar-refractivity contribution in [2.75, 3.05) is 11.9 Å². The van der Waals surface area contributed by atoms with Gasteiger partial charge in [0, 0.05) is 16.0 Å². The van der Waals surface area contributed by atoms with Crippen LogP contribution >= 0.6 is 22.9 Å². The lowest BCUT2D eigenvalue weighted by atomic mass is 10.1. The summed E-state index contributed by atoms with van der Waals surface area (Å²) in [6.07, 6.45) is 3.89. The molecule has 1 aromatic carbocycles. The molecule has 0 atom stereocenters. The Morgan fingerprint density at radius 3 is 3.00 bits per heavy atom. The molecule has 0 saturated heterocycles. The Morgan fingerprint density at radius 1 is 1.37 bits per heavy atom. The molecule has 0 aliphatic carbocycles. The van der Waals surface area contributed by atoms with Crippen LogP contribution in [0.25, 0.3) is 17.5 Å². The number of carbonyl (C=O) groups is 1. The number of hydrogen-bond acceptors (Lipinski definition) is 6. The number of ether oxygens (including phenoxy) is 1. The number of rotatable bonds is 4. The number of carbonyl (C=O) groups excluding carboxylic acids is 1. The molecule has 1 aliphatic rings. The minimum absolute atomic E-state index is 0.257. The van der Waals surface area contributed by atoms with E-state index in [1.165, 1.54) is 17.4 Å². The van der Waals surface area contributed by atoms with Crippen LogP contribution in [0, 0.1) is 6.92 Å². The van der Waals surface area contributed by atoms with E-state index < -0.39 is 0 Å². The highest BCUT2D eigenvalue weighted by Gasteiger charge is 2.26. The third-order valence-electron chi connectivity index (χ3n) is 4.12. The first kappa shape index (κ1) is 17.9. The van der Waals surface area contributed by atoms with Gasteiger partial charge in [0.2, 0.25) is 5.91 Å². The largest absolute Gasteiger partial charge is 0.376 e. The summed E-state index contributed by atoms with van der Waals surface area (Å²) in [5.74, 6) is 0.706. The number of thiophene rings is 1. The van der Waals surface area contributed by atoms with Crippen LogP contribution in [0.3, 0.4) is 0 Å². The van der Waals surface area contributed by atoms with Crippen LogP contribution in [0.15, 0.2) is 34.9 Å². The molecule has 27 heavy (non-hydrogen) atoms. The molecule has 3 aromatic rings. The Morgan fingerprint density at radius 2 is 2.22 bits per heavy atom. The van der Waals surface area contributed by atoms with Crippen LogP contribution in [0.4, 0.5) is 5.00 Å². The fraction of sp³-hybridized carbons (Fsp3) is 0.211. The second-order valence-corrected chi connectivity index (χ2v) is 7.51. The van der Waals surface area contributed by atoms with Gasteiger partial charge in [-0.15, -0.1) is 11.3 Å². The number of hydrogen-bond donors (Lipinski definition) is 1. The highest BCUT2D eigenvalue weighted by atomic mass is 35.5. The quantitative estimate of drug-likeness (QED) is 0.652. The van der Waals surface area contributed by atoms with Crippen molar-refractivity contribution in [1.82, 2.24) is 10.1 Å². The maximum absolute atomic E-state index is 12.5. The van der Waals surface area contributed by atoms with E-state index in [0.29, 0.717) is 35.0 Å². The van der Waals surface area contributed by atoms with Gasteiger partial charge in [0.1, 0.15) is 5.00 Å². The van der Waals surface area contributed by atoms with Crippen LogP contribution < -0.4 is 5.32 Å². The summed E-state index contributed by atoms with van der Waals surface area (Å²) in [6, 6.07) is 7.34. The second kappa shape index (κ2) is 7.64. The monoisotopic (exact) mass is 401 g/mol. The summed E-state index contributed by atoms with van der Waals surface area (Å²) >= 11 is 7.60. The maximum atomic E-state index is 12.5. The predicted molar refractivity (Wildman–Crippen MR) is 105 cm³/mol. The first-order valence-corrected chi connectivity index (χ1v) is 9.58. The zero-order valence-corrected chi connectivity index (χ0v) is 16.1. The Kier molecular flexibility index (Phi) is 5.07. The highest BCUT2D eigenvalue weighted by Crippen LogP contribution is 2.42. The van der Waals surface area contributed by atoms with Gasteiger partial charge >= 0.3 is 0 Å². The van der Waals surface area contributed by atoms with Gasteiger partial charge in [0.05, 0.1) is 18.8 Å². The van der Waals surface area contributed by atoms with Gasteiger partial charge < -0.3 is 14.6 Å². The zero-order chi connectivity index (χ0) is 18.8. The van der Waals surface area contributed by atoms with Crippen molar-refractivity contribution in [3.63, 3.8) is 0 Å². The van der Waals surface area contributed by atoms with Gasteiger partial charge in [-0.1, -0.05) is 35.0 Å². The number of aryl methyl sites for hydroxylation is 1. The van der Waals surface area contributed by atoms with E-state index in [2.05, 4.69) is 15.5 Å². The van der Waals surface area contributed by atoms with E-state index in [9.17, 15) is 4.79 Å². The number of fused-ring (bicyclic) bond motifs is 1. The van der Waals surface area contributed by atoms with Gasteiger partial charge in [-0.3, -0.25) is 4.79 Å². The molecule has 3 heterocycles. The van der Waals surface area contributed by atoms with E-state index in [0.717, 1.165) is 28.0 Å². The van der Waals surface area contributed by atoms with E-state index in [-0.39, 0.29) is 5.91 Å². The number of aromatic nitrogens is 2. The van der Waals surface area contributed by atoms with Crippen LogP contribution in [0.5, 0.6) is 0 Å². The molecule has 6 nitrogen and oxygen atoms in total. The Balaban J connectivity index is 1.63. The first-order valence-electron chi connectivity index (χ1n) is 8.38. The van der Waals surface area contributed by atoms with Gasteiger partial charge in [0.15, 0.2) is 5.82 Å². The van der Waals surface area contributed by atoms with Crippen molar-refractivity contribution in [3.8, 4) is 11.5 Å². The summed E-state index contributed by atoms with van der Waals surface area (Å²) in [5, 5.41) is 8.08. The molecule has 0 unspecified atom stereocenters. The van der Waals surface area contributed by atoms with Crippen molar-refractivity contribution in [2.24, 2.45) is 0 Å². The fourth-order valence-electron chi connectivity index (χ4n) is 2.87. The lowest BCUT2D eigenvalue weighted by Gasteiger charge is -2.12. The van der Waals surface area contributed by atoms with Crippen LogP contribution in [-0.4, -0.2) is 22.7 Å². The van der Waals surface area contributed by atoms with Crippen LogP contribution in [0.1, 0.15) is 21.8 Å². The fourth-order valence-corrected chi connectivity index (χ4v) is 4.25. The van der Waals surface area contributed by atoms with Gasteiger partial charge in [-0.25, -0.2) is 0 Å². The number of nitrogens with one attached hydrogen (secondary N) is 1. The van der Waals surface area contributed by atoms with E-state index in [1.54, 1.807) is 19.1 Å². The number of anilines is 1. The first-order chi connectivity index (χ1) is 13.1.